The van der Waals surface area contributed by atoms with E-state index in [0.717, 1.165) is 11.8 Å². The smallest absolute Gasteiger partial charge is 0.229 e. The number of hydrogen-bond acceptors (Lipinski definition) is 4. The van der Waals surface area contributed by atoms with E-state index in [2.05, 4.69) is 10.0 Å². The molecular formula is C19H23ClN2O4S. The number of hydrogen-bond donors (Lipinski definition) is 2. The third-order valence-electron chi connectivity index (χ3n) is 3.82. The van der Waals surface area contributed by atoms with Crippen LogP contribution in [0.15, 0.2) is 48.5 Å². The van der Waals surface area contributed by atoms with Crippen molar-refractivity contribution in [3.63, 3.8) is 0 Å². The molecule has 27 heavy (non-hydrogen) atoms. The van der Waals surface area contributed by atoms with Crippen LogP contribution >= 0.6 is 11.6 Å². The first-order valence-electron chi connectivity index (χ1n) is 8.41. The molecule has 0 bridgehead atoms. The Kier molecular flexibility index (Phi) is 7.10. The summed E-state index contributed by atoms with van der Waals surface area (Å²) in [6, 6.07) is 13.7. The summed E-state index contributed by atoms with van der Waals surface area (Å²) >= 11 is 6.04. The van der Waals surface area contributed by atoms with Crippen molar-refractivity contribution in [2.75, 3.05) is 17.6 Å². The van der Waals surface area contributed by atoms with Crippen LogP contribution in [-0.4, -0.2) is 33.2 Å². The fraction of sp³-hybridized carbons (Fsp3) is 0.316. The van der Waals surface area contributed by atoms with Crippen LogP contribution in [0.1, 0.15) is 25.3 Å². The Labute approximate surface area is 164 Å². The van der Waals surface area contributed by atoms with Crippen LogP contribution in [0, 0.1) is 0 Å². The van der Waals surface area contributed by atoms with Crippen LogP contribution in [0.4, 0.5) is 5.69 Å². The summed E-state index contributed by atoms with van der Waals surface area (Å²) in [6.45, 7) is 3.93. The molecule has 2 N–H and O–H groups in total. The van der Waals surface area contributed by atoms with Crippen molar-refractivity contribution in [3.05, 3.63) is 59.1 Å². The summed E-state index contributed by atoms with van der Waals surface area (Å²) in [4.78, 5) is 12.4. The van der Waals surface area contributed by atoms with Crippen molar-refractivity contribution >= 4 is 33.2 Å². The highest BCUT2D eigenvalue weighted by Gasteiger charge is 2.18. The van der Waals surface area contributed by atoms with E-state index in [4.69, 9.17) is 16.3 Å². The summed E-state index contributed by atoms with van der Waals surface area (Å²) in [6.07, 6.45) is 1.09. The van der Waals surface area contributed by atoms with E-state index in [1.807, 2.05) is 19.1 Å². The quantitative estimate of drug-likeness (QED) is 0.698. The van der Waals surface area contributed by atoms with Crippen molar-refractivity contribution in [1.82, 2.24) is 5.32 Å². The highest BCUT2D eigenvalue weighted by molar-refractivity contribution is 7.92. The number of anilines is 1. The van der Waals surface area contributed by atoms with Crippen LogP contribution in [-0.2, 0) is 14.8 Å². The van der Waals surface area contributed by atoms with Gasteiger partial charge < -0.3 is 10.1 Å². The summed E-state index contributed by atoms with van der Waals surface area (Å²) in [5.41, 5.74) is 1.24. The second kappa shape index (κ2) is 9.10. The first kappa shape index (κ1) is 21.1. The molecule has 1 amide bonds. The number of amides is 1. The third-order valence-corrected chi connectivity index (χ3v) is 4.74. The minimum absolute atomic E-state index is 0.144. The number of ether oxygens (including phenoxy) is 1. The maximum absolute atomic E-state index is 12.4. The maximum atomic E-state index is 12.4. The molecule has 2 unspecified atom stereocenters. The maximum Gasteiger partial charge on any atom is 0.229 e. The largest absolute Gasteiger partial charge is 0.490 e. The van der Waals surface area contributed by atoms with Crippen LogP contribution in [0.2, 0.25) is 5.02 Å². The zero-order valence-corrected chi connectivity index (χ0v) is 17.0. The lowest BCUT2D eigenvalue weighted by Crippen LogP contribution is -2.39. The van der Waals surface area contributed by atoms with E-state index in [9.17, 15) is 13.2 Å². The standard InChI is InChI=1S/C19H23ClN2O4S/c1-13(12-26-18-7-5-4-6-17(18)20)21-19(23)14(2)15-8-10-16(11-9-15)22-27(3,24)25/h4-11,13-14,22H,12H2,1-3H3,(H,21,23). The molecule has 0 heterocycles. The van der Waals surface area contributed by atoms with Gasteiger partial charge in [0.25, 0.3) is 0 Å². The molecule has 0 radical (unpaired) electrons. The van der Waals surface area contributed by atoms with Crippen LogP contribution < -0.4 is 14.8 Å². The lowest BCUT2D eigenvalue weighted by molar-refractivity contribution is -0.123. The van der Waals surface area contributed by atoms with Gasteiger partial charge in [0.05, 0.1) is 23.2 Å². The van der Waals surface area contributed by atoms with Crippen molar-refractivity contribution < 1.29 is 17.9 Å². The molecule has 2 atom stereocenters. The molecule has 2 rings (SSSR count). The molecule has 0 aliphatic rings. The minimum atomic E-state index is -3.33. The summed E-state index contributed by atoms with van der Waals surface area (Å²) in [5, 5.41) is 3.42. The molecule has 0 aliphatic heterocycles. The molecule has 0 saturated carbocycles. The topological polar surface area (TPSA) is 84.5 Å². The lowest BCUT2D eigenvalue weighted by Gasteiger charge is -2.19. The Morgan fingerprint density at radius 1 is 1.11 bits per heavy atom. The highest BCUT2D eigenvalue weighted by Crippen LogP contribution is 2.23. The number of rotatable bonds is 8. The molecule has 2 aromatic rings. The van der Waals surface area contributed by atoms with E-state index >= 15 is 0 Å². The van der Waals surface area contributed by atoms with Gasteiger partial charge in [0.1, 0.15) is 12.4 Å². The summed E-state index contributed by atoms with van der Waals surface area (Å²) in [5.74, 6) is 0.0383. The Morgan fingerprint density at radius 2 is 1.74 bits per heavy atom. The predicted molar refractivity (Wildman–Crippen MR) is 108 cm³/mol. The number of halogens is 1. The monoisotopic (exact) mass is 410 g/mol. The van der Waals surface area contributed by atoms with Gasteiger partial charge in [-0.05, 0) is 43.7 Å². The number of benzene rings is 2. The number of para-hydroxylation sites is 1. The van der Waals surface area contributed by atoms with Gasteiger partial charge in [0.2, 0.25) is 15.9 Å². The summed E-state index contributed by atoms with van der Waals surface area (Å²) < 4.78 is 30.5. The van der Waals surface area contributed by atoms with Crippen LogP contribution in [0.25, 0.3) is 0 Å². The molecule has 0 fully saturated rings. The Bertz CT molecular complexity index is 885. The normalized spacial score (nSPS) is 13.5. The molecule has 0 aromatic heterocycles. The molecule has 146 valence electrons. The van der Waals surface area contributed by atoms with Gasteiger partial charge in [0.15, 0.2) is 0 Å². The summed E-state index contributed by atoms with van der Waals surface area (Å²) in [7, 11) is -3.33. The SMILES string of the molecule is CC(COc1ccccc1Cl)NC(=O)C(C)c1ccc(NS(C)(=O)=O)cc1. The molecule has 8 heteroatoms. The Morgan fingerprint density at radius 3 is 2.33 bits per heavy atom. The predicted octanol–water partition coefficient (Wildman–Crippen LogP) is 3.40. The van der Waals surface area contributed by atoms with Gasteiger partial charge >= 0.3 is 0 Å². The lowest BCUT2D eigenvalue weighted by atomic mass is 10.00. The van der Waals surface area contributed by atoms with E-state index in [1.54, 1.807) is 43.3 Å². The molecular weight excluding hydrogens is 388 g/mol. The Balaban J connectivity index is 1.89. The van der Waals surface area contributed by atoms with Crippen molar-refractivity contribution in [3.8, 4) is 5.75 Å². The van der Waals surface area contributed by atoms with Gasteiger partial charge in [-0.2, -0.15) is 0 Å². The molecule has 0 saturated heterocycles. The number of carbonyl (C=O) groups is 1. The van der Waals surface area contributed by atoms with Crippen LogP contribution in [0.3, 0.4) is 0 Å². The molecule has 2 aromatic carbocycles. The van der Waals surface area contributed by atoms with Gasteiger partial charge in [-0.1, -0.05) is 35.9 Å². The second-order valence-corrected chi connectivity index (χ2v) is 8.52. The average Bonchev–Trinajstić information content (AvgIpc) is 2.59. The molecule has 6 nitrogen and oxygen atoms in total. The second-order valence-electron chi connectivity index (χ2n) is 6.37. The van der Waals surface area contributed by atoms with Crippen LogP contribution in [0.5, 0.6) is 5.75 Å². The Hall–Kier alpha value is -2.25. The van der Waals surface area contributed by atoms with E-state index in [0.29, 0.717) is 23.1 Å². The third kappa shape index (κ3) is 6.77. The molecule has 0 aliphatic carbocycles. The first-order chi connectivity index (χ1) is 12.7. The van der Waals surface area contributed by atoms with E-state index in [1.165, 1.54) is 0 Å². The van der Waals surface area contributed by atoms with Gasteiger partial charge in [-0.15, -0.1) is 0 Å². The van der Waals surface area contributed by atoms with Crippen molar-refractivity contribution in [2.24, 2.45) is 0 Å². The fourth-order valence-electron chi connectivity index (χ4n) is 2.39. The van der Waals surface area contributed by atoms with E-state index in [-0.39, 0.29) is 17.9 Å². The first-order valence-corrected chi connectivity index (χ1v) is 10.7. The zero-order chi connectivity index (χ0) is 20.0. The molecule has 0 spiro atoms. The average molecular weight is 411 g/mol. The number of sulfonamides is 1. The zero-order valence-electron chi connectivity index (χ0n) is 15.4. The fourth-order valence-corrected chi connectivity index (χ4v) is 3.15. The number of nitrogens with one attached hydrogen (secondary N) is 2. The highest BCUT2D eigenvalue weighted by atomic mass is 35.5. The van der Waals surface area contributed by atoms with Gasteiger partial charge in [-0.25, -0.2) is 8.42 Å². The van der Waals surface area contributed by atoms with Crippen molar-refractivity contribution in [2.45, 2.75) is 25.8 Å². The number of carbonyl (C=O) groups excluding carboxylic acids is 1. The van der Waals surface area contributed by atoms with Crippen molar-refractivity contribution in [1.29, 1.82) is 0 Å². The van der Waals surface area contributed by atoms with Gasteiger partial charge in [-0.3, -0.25) is 9.52 Å². The van der Waals surface area contributed by atoms with Gasteiger partial charge in [0, 0.05) is 5.69 Å². The van der Waals surface area contributed by atoms with E-state index < -0.39 is 10.0 Å². The minimum Gasteiger partial charge on any atom is -0.490 e.